The second kappa shape index (κ2) is 8.41. The van der Waals surface area contributed by atoms with Gasteiger partial charge in [-0.05, 0) is 44.0 Å². The van der Waals surface area contributed by atoms with Gasteiger partial charge in [0.1, 0.15) is 0 Å². The molecule has 1 unspecified atom stereocenters. The number of aromatic nitrogens is 1. The minimum absolute atomic E-state index is 0. The molecule has 0 bridgehead atoms. The largest absolute Gasteiger partial charge is 0.325 e. The van der Waals surface area contributed by atoms with E-state index in [0.29, 0.717) is 11.6 Å². The first kappa shape index (κ1) is 18.6. The molecule has 0 saturated carbocycles. The molecular weight excluding hydrogens is 348 g/mol. The Kier molecular flexibility index (Phi) is 6.53. The average Bonchev–Trinajstić information content (AvgIpc) is 3.15. The van der Waals surface area contributed by atoms with Gasteiger partial charge in [0, 0.05) is 12.1 Å². The minimum atomic E-state index is -0.101. The number of fused-ring (bicyclic) bond motifs is 1. The molecule has 0 spiro atoms. The Bertz CT molecular complexity index is 728. The van der Waals surface area contributed by atoms with Crippen molar-refractivity contribution >= 4 is 56.6 Å². The summed E-state index contributed by atoms with van der Waals surface area (Å²) < 4.78 is 0.939. The molecule has 1 aliphatic rings. The van der Waals surface area contributed by atoms with Crippen molar-refractivity contribution in [1.29, 1.82) is 0 Å². The summed E-state index contributed by atoms with van der Waals surface area (Å²) in [4.78, 5) is 28.2. The predicted molar refractivity (Wildman–Crippen MR) is 100 cm³/mol. The first-order valence-corrected chi connectivity index (χ1v) is 8.72. The second-order valence-corrected chi connectivity index (χ2v) is 6.67. The summed E-state index contributed by atoms with van der Waals surface area (Å²) in [6.45, 7) is 2.86. The fraction of sp³-hybridized carbons (Fsp3) is 0.438. The summed E-state index contributed by atoms with van der Waals surface area (Å²) in [5.41, 5.74) is 1.57. The second-order valence-electron chi connectivity index (χ2n) is 5.64. The highest BCUT2D eigenvalue weighted by Gasteiger charge is 2.22. The average molecular weight is 369 g/mol. The lowest BCUT2D eigenvalue weighted by molar-refractivity contribution is -0.118. The number of anilines is 2. The van der Waals surface area contributed by atoms with Gasteiger partial charge in [-0.15, -0.1) is 12.4 Å². The van der Waals surface area contributed by atoms with Crippen LogP contribution in [0.3, 0.4) is 0 Å². The van der Waals surface area contributed by atoms with Gasteiger partial charge in [0.2, 0.25) is 11.8 Å². The van der Waals surface area contributed by atoms with Crippen molar-refractivity contribution in [2.45, 2.75) is 38.6 Å². The van der Waals surface area contributed by atoms with Crippen molar-refractivity contribution in [3.8, 4) is 0 Å². The number of benzene rings is 1. The Morgan fingerprint density at radius 2 is 2.21 bits per heavy atom. The standard InChI is InChI=1S/C16H20N4O2S.ClH/c1-2-4-14(21)20-16-19-11-7-6-10(9-13(11)23-16)18-15(22)12-5-3-8-17-12;/h6-7,9,12,17H,2-5,8H2,1H3,(H,18,22)(H,19,20,21);1H. The summed E-state index contributed by atoms with van der Waals surface area (Å²) in [6.07, 6.45) is 3.21. The smallest absolute Gasteiger partial charge is 0.241 e. The zero-order valence-electron chi connectivity index (χ0n) is 13.4. The molecule has 130 valence electrons. The van der Waals surface area contributed by atoms with Crippen molar-refractivity contribution in [3.63, 3.8) is 0 Å². The van der Waals surface area contributed by atoms with Crippen molar-refractivity contribution in [2.75, 3.05) is 17.2 Å². The summed E-state index contributed by atoms with van der Waals surface area (Å²) in [5.74, 6) is -0.0183. The van der Waals surface area contributed by atoms with E-state index < -0.39 is 0 Å². The van der Waals surface area contributed by atoms with Crippen LogP contribution in [0.2, 0.25) is 0 Å². The van der Waals surface area contributed by atoms with Crippen molar-refractivity contribution in [3.05, 3.63) is 18.2 Å². The molecule has 1 fully saturated rings. The van der Waals surface area contributed by atoms with Crippen molar-refractivity contribution in [1.82, 2.24) is 10.3 Å². The Balaban J connectivity index is 0.00000208. The Labute approximate surface area is 150 Å². The summed E-state index contributed by atoms with van der Waals surface area (Å²) in [5, 5.41) is 9.52. The van der Waals surface area contributed by atoms with Crippen LogP contribution < -0.4 is 16.0 Å². The number of hydrogen-bond donors (Lipinski definition) is 3. The number of hydrogen-bond acceptors (Lipinski definition) is 5. The van der Waals surface area contributed by atoms with Gasteiger partial charge in [-0.2, -0.15) is 0 Å². The van der Waals surface area contributed by atoms with Crippen LogP contribution in [0.5, 0.6) is 0 Å². The maximum absolute atomic E-state index is 12.1. The van der Waals surface area contributed by atoms with Gasteiger partial charge >= 0.3 is 0 Å². The molecule has 2 amide bonds. The van der Waals surface area contributed by atoms with Crippen LogP contribution in [-0.4, -0.2) is 29.4 Å². The van der Waals surface area contributed by atoms with Gasteiger partial charge in [0.15, 0.2) is 5.13 Å². The Morgan fingerprint density at radius 3 is 2.92 bits per heavy atom. The molecule has 1 saturated heterocycles. The molecule has 1 atom stereocenters. The molecule has 6 nitrogen and oxygen atoms in total. The lowest BCUT2D eigenvalue weighted by Crippen LogP contribution is -2.35. The van der Waals surface area contributed by atoms with Gasteiger partial charge in [0.05, 0.1) is 16.3 Å². The van der Waals surface area contributed by atoms with Gasteiger partial charge in [-0.1, -0.05) is 18.3 Å². The minimum Gasteiger partial charge on any atom is -0.325 e. The number of carbonyl (C=O) groups is 2. The van der Waals surface area contributed by atoms with Crippen LogP contribution >= 0.6 is 23.7 Å². The van der Waals surface area contributed by atoms with Crippen LogP contribution in [0, 0.1) is 0 Å². The van der Waals surface area contributed by atoms with Crippen molar-refractivity contribution in [2.24, 2.45) is 0 Å². The lowest BCUT2D eigenvalue weighted by Gasteiger charge is -2.10. The third-order valence-corrected chi connectivity index (χ3v) is 4.69. The van der Waals surface area contributed by atoms with E-state index in [0.717, 1.165) is 41.7 Å². The first-order valence-electron chi connectivity index (χ1n) is 7.90. The van der Waals surface area contributed by atoms with E-state index in [1.807, 2.05) is 25.1 Å². The SMILES string of the molecule is CCCC(=O)Nc1nc2ccc(NC(=O)C3CCCN3)cc2s1.Cl. The number of nitrogens with zero attached hydrogens (tertiary/aromatic N) is 1. The highest BCUT2D eigenvalue weighted by Crippen LogP contribution is 2.28. The number of nitrogens with one attached hydrogen (secondary N) is 3. The Hall–Kier alpha value is -1.70. The third kappa shape index (κ3) is 4.43. The third-order valence-electron chi connectivity index (χ3n) is 3.76. The van der Waals surface area contributed by atoms with Gasteiger partial charge < -0.3 is 16.0 Å². The molecule has 0 aliphatic carbocycles. The molecule has 8 heteroatoms. The molecule has 2 heterocycles. The number of thiazole rings is 1. The van der Waals surface area contributed by atoms with Gasteiger partial charge in [-0.3, -0.25) is 9.59 Å². The number of carbonyl (C=O) groups excluding carboxylic acids is 2. The quantitative estimate of drug-likeness (QED) is 0.757. The normalized spacial score (nSPS) is 16.6. The molecule has 3 rings (SSSR count). The zero-order chi connectivity index (χ0) is 16.2. The summed E-state index contributed by atoms with van der Waals surface area (Å²) >= 11 is 1.41. The monoisotopic (exact) mass is 368 g/mol. The van der Waals surface area contributed by atoms with Crippen LogP contribution in [0.15, 0.2) is 18.2 Å². The van der Waals surface area contributed by atoms with E-state index in [4.69, 9.17) is 0 Å². The molecule has 24 heavy (non-hydrogen) atoms. The Morgan fingerprint density at radius 1 is 1.38 bits per heavy atom. The number of halogens is 1. The maximum Gasteiger partial charge on any atom is 0.241 e. The summed E-state index contributed by atoms with van der Waals surface area (Å²) in [7, 11) is 0. The highest BCUT2D eigenvalue weighted by molar-refractivity contribution is 7.22. The number of amides is 2. The van der Waals surface area contributed by atoms with Gasteiger partial charge in [-0.25, -0.2) is 4.98 Å². The van der Waals surface area contributed by atoms with Crippen LogP contribution in [0.1, 0.15) is 32.6 Å². The van der Waals surface area contributed by atoms with Gasteiger partial charge in [0.25, 0.3) is 0 Å². The van der Waals surface area contributed by atoms with E-state index in [9.17, 15) is 9.59 Å². The lowest BCUT2D eigenvalue weighted by atomic mass is 10.2. The van der Waals surface area contributed by atoms with Crippen LogP contribution in [-0.2, 0) is 9.59 Å². The molecule has 3 N–H and O–H groups in total. The van der Waals surface area contributed by atoms with Crippen LogP contribution in [0.25, 0.3) is 10.2 Å². The molecular formula is C16H21ClN4O2S. The van der Waals surface area contributed by atoms with E-state index in [1.54, 1.807) is 0 Å². The maximum atomic E-state index is 12.1. The van der Waals surface area contributed by atoms with E-state index >= 15 is 0 Å². The fourth-order valence-electron chi connectivity index (χ4n) is 2.60. The predicted octanol–water partition coefficient (Wildman–Crippen LogP) is 3.15. The summed E-state index contributed by atoms with van der Waals surface area (Å²) in [6, 6.07) is 5.50. The highest BCUT2D eigenvalue weighted by atomic mass is 35.5. The molecule has 0 radical (unpaired) electrons. The number of rotatable bonds is 5. The molecule has 1 aromatic heterocycles. The van der Waals surface area contributed by atoms with Crippen molar-refractivity contribution < 1.29 is 9.59 Å². The molecule has 1 aliphatic heterocycles. The fourth-order valence-corrected chi connectivity index (χ4v) is 3.52. The molecule has 1 aromatic carbocycles. The van der Waals surface area contributed by atoms with E-state index in [-0.39, 0.29) is 30.3 Å². The zero-order valence-corrected chi connectivity index (χ0v) is 15.1. The molecule has 2 aromatic rings. The first-order chi connectivity index (χ1) is 11.2. The van der Waals surface area contributed by atoms with Crippen LogP contribution in [0.4, 0.5) is 10.8 Å². The van der Waals surface area contributed by atoms with E-state index in [1.165, 1.54) is 11.3 Å². The van der Waals surface area contributed by atoms with E-state index in [2.05, 4.69) is 20.9 Å². The topological polar surface area (TPSA) is 83.1 Å².